The van der Waals surface area contributed by atoms with Gasteiger partial charge >= 0.3 is 6.03 Å². The molecule has 1 aliphatic heterocycles. The molecule has 0 bridgehead atoms. The van der Waals surface area contributed by atoms with Gasteiger partial charge in [-0.1, -0.05) is 0 Å². The first-order chi connectivity index (χ1) is 12.4. The Hall–Kier alpha value is -2.68. The molecule has 140 valence electrons. The van der Waals surface area contributed by atoms with Crippen LogP contribution in [0.25, 0.3) is 0 Å². The van der Waals surface area contributed by atoms with Crippen molar-refractivity contribution in [3.05, 3.63) is 30.2 Å². The van der Waals surface area contributed by atoms with E-state index in [4.69, 9.17) is 4.74 Å². The van der Waals surface area contributed by atoms with Crippen molar-refractivity contribution in [2.24, 2.45) is 0 Å². The summed E-state index contributed by atoms with van der Waals surface area (Å²) < 4.78 is 7.07. The Morgan fingerprint density at radius 2 is 2.04 bits per heavy atom. The fourth-order valence-corrected chi connectivity index (χ4v) is 2.51. The van der Waals surface area contributed by atoms with Crippen LogP contribution in [0.5, 0.6) is 0 Å². The van der Waals surface area contributed by atoms with Crippen molar-refractivity contribution in [1.29, 1.82) is 0 Å². The van der Waals surface area contributed by atoms with Crippen LogP contribution in [0, 0.1) is 0 Å². The molecule has 2 N–H and O–H groups in total. The van der Waals surface area contributed by atoms with E-state index in [9.17, 15) is 4.79 Å². The summed E-state index contributed by atoms with van der Waals surface area (Å²) in [7, 11) is 0. The third-order valence-electron chi connectivity index (χ3n) is 4.00. The van der Waals surface area contributed by atoms with Crippen molar-refractivity contribution in [1.82, 2.24) is 25.1 Å². The van der Waals surface area contributed by atoms with Gasteiger partial charge in [0.05, 0.1) is 18.8 Å². The molecule has 2 amide bonds. The first-order valence-corrected chi connectivity index (χ1v) is 8.66. The molecule has 9 heteroatoms. The van der Waals surface area contributed by atoms with Crippen LogP contribution in [0.2, 0.25) is 0 Å². The Morgan fingerprint density at radius 1 is 1.27 bits per heavy atom. The first-order valence-electron chi connectivity index (χ1n) is 8.66. The van der Waals surface area contributed by atoms with Crippen molar-refractivity contribution in [2.75, 3.05) is 36.5 Å². The fourth-order valence-electron chi connectivity index (χ4n) is 2.51. The summed E-state index contributed by atoms with van der Waals surface area (Å²) in [6.07, 6.45) is 3.36. The number of nitrogens with zero attached hydrogens (tertiary/aromatic N) is 5. The van der Waals surface area contributed by atoms with Crippen LogP contribution in [0.15, 0.2) is 24.7 Å². The molecular weight excluding hydrogens is 334 g/mol. The summed E-state index contributed by atoms with van der Waals surface area (Å²) >= 11 is 0. The van der Waals surface area contributed by atoms with Gasteiger partial charge in [0.15, 0.2) is 0 Å². The maximum Gasteiger partial charge on any atom is 0.321 e. The maximum atomic E-state index is 12.1. The lowest BCUT2D eigenvalue weighted by atomic mass is 10.1. The lowest BCUT2D eigenvalue weighted by molar-refractivity contribution is 0.122. The number of urea groups is 1. The number of carbonyl (C=O) groups excluding carboxylic acids is 1. The maximum absolute atomic E-state index is 12.1. The molecule has 0 radical (unpaired) electrons. The monoisotopic (exact) mass is 359 g/mol. The van der Waals surface area contributed by atoms with Crippen LogP contribution in [0.4, 0.5) is 16.6 Å². The van der Waals surface area contributed by atoms with Gasteiger partial charge in [0.1, 0.15) is 12.1 Å². The zero-order chi connectivity index (χ0) is 18.6. The molecule has 0 unspecified atom stereocenters. The Labute approximate surface area is 152 Å². The van der Waals surface area contributed by atoms with Gasteiger partial charge < -0.3 is 15.0 Å². The van der Waals surface area contributed by atoms with E-state index in [0.717, 1.165) is 24.5 Å². The molecule has 0 spiro atoms. The van der Waals surface area contributed by atoms with Crippen LogP contribution >= 0.6 is 0 Å². The molecule has 3 heterocycles. The Kier molecular flexibility index (Phi) is 5.36. The minimum absolute atomic E-state index is 0.184. The lowest BCUT2D eigenvalue weighted by Gasteiger charge is -2.28. The number of amides is 2. The number of anilines is 2. The highest BCUT2D eigenvalue weighted by Crippen LogP contribution is 2.14. The fraction of sp³-hybridized carbons (Fsp3) is 0.529. The number of nitrogens with one attached hydrogen (secondary N) is 2. The largest absolute Gasteiger partial charge is 0.378 e. The zero-order valence-electron chi connectivity index (χ0n) is 15.4. The minimum atomic E-state index is -0.346. The van der Waals surface area contributed by atoms with Crippen molar-refractivity contribution < 1.29 is 9.53 Å². The number of pyridine rings is 1. The molecule has 2 aromatic rings. The average molecular weight is 359 g/mol. The highest BCUT2D eigenvalue weighted by Gasteiger charge is 2.16. The molecule has 2 aromatic heterocycles. The predicted octanol–water partition coefficient (Wildman–Crippen LogP) is 1.59. The molecule has 9 nitrogen and oxygen atoms in total. The average Bonchev–Trinajstić information content (AvgIpc) is 3.10. The van der Waals surface area contributed by atoms with E-state index in [1.165, 1.54) is 0 Å². The van der Waals surface area contributed by atoms with Crippen LogP contribution in [0.3, 0.4) is 0 Å². The van der Waals surface area contributed by atoms with Crippen LogP contribution in [-0.4, -0.2) is 52.1 Å². The number of hydrogen-bond acceptors (Lipinski definition) is 6. The topological polar surface area (TPSA) is 97.2 Å². The van der Waals surface area contributed by atoms with Gasteiger partial charge in [0, 0.05) is 25.8 Å². The third kappa shape index (κ3) is 4.69. The number of morpholine rings is 1. The number of carbonyl (C=O) groups is 1. The van der Waals surface area contributed by atoms with E-state index < -0.39 is 0 Å². The van der Waals surface area contributed by atoms with Crippen molar-refractivity contribution in [2.45, 2.75) is 32.9 Å². The molecular formula is C17H25N7O2. The zero-order valence-corrected chi connectivity index (χ0v) is 15.4. The molecule has 26 heavy (non-hydrogen) atoms. The summed E-state index contributed by atoms with van der Waals surface area (Å²) in [6.45, 7) is 9.51. The summed E-state index contributed by atoms with van der Waals surface area (Å²) in [4.78, 5) is 22.8. The SMILES string of the molecule is CC(C)(C)n1cnc(NC(=O)NCc2ccnc(N3CCOCC3)c2)n1. The highest BCUT2D eigenvalue weighted by atomic mass is 16.5. The number of rotatable bonds is 4. The molecule has 0 aromatic carbocycles. The van der Waals surface area contributed by atoms with E-state index in [2.05, 4.69) is 30.6 Å². The second kappa shape index (κ2) is 7.69. The quantitative estimate of drug-likeness (QED) is 0.860. The summed E-state index contributed by atoms with van der Waals surface area (Å²) in [5, 5.41) is 9.72. The summed E-state index contributed by atoms with van der Waals surface area (Å²) in [5.74, 6) is 1.18. The Morgan fingerprint density at radius 3 is 2.73 bits per heavy atom. The van der Waals surface area contributed by atoms with Gasteiger partial charge in [-0.15, -0.1) is 5.10 Å². The van der Waals surface area contributed by atoms with E-state index in [-0.39, 0.29) is 17.5 Å². The van der Waals surface area contributed by atoms with Gasteiger partial charge in [-0.25, -0.2) is 19.4 Å². The summed E-state index contributed by atoms with van der Waals surface area (Å²) in [6, 6.07) is 3.52. The van der Waals surface area contributed by atoms with Crippen molar-refractivity contribution in [3.8, 4) is 0 Å². The van der Waals surface area contributed by atoms with E-state index >= 15 is 0 Å². The number of aromatic nitrogens is 4. The van der Waals surface area contributed by atoms with Gasteiger partial charge in [-0.05, 0) is 38.5 Å². The van der Waals surface area contributed by atoms with Crippen LogP contribution in [-0.2, 0) is 16.8 Å². The van der Waals surface area contributed by atoms with Gasteiger partial charge in [-0.2, -0.15) is 0 Å². The predicted molar refractivity (Wildman–Crippen MR) is 98.1 cm³/mol. The molecule has 3 rings (SSSR count). The van der Waals surface area contributed by atoms with Gasteiger partial charge in [-0.3, -0.25) is 5.32 Å². The van der Waals surface area contributed by atoms with E-state index in [1.807, 2.05) is 32.9 Å². The number of ether oxygens (including phenoxy) is 1. The second-order valence-corrected chi connectivity index (χ2v) is 7.11. The lowest BCUT2D eigenvalue weighted by Crippen LogP contribution is -2.36. The first kappa shape index (κ1) is 18.1. The van der Waals surface area contributed by atoms with Gasteiger partial charge in [0.25, 0.3) is 0 Å². The molecule has 1 fully saturated rings. The molecule has 0 atom stereocenters. The van der Waals surface area contributed by atoms with Crippen LogP contribution in [0.1, 0.15) is 26.3 Å². The second-order valence-electron chi connectivity index (χ2n) is 7.11. The number of hydrogen-bond donors (Lipinski definition) is 2. The van der Waals surface area contributed by atoms with E-state index in [1.54, 1.807) is 17.2 Å². The molecule has 1 saturated heterocycles. The Bertz CT molecular complexity index is 748. The summed E-state index contributed by atoms with van der Waals surface area (Å²) in [5.41, 5.74) is 0.792. The standard InChI is InChI=1S/C17H25N7O2/c1-17(2,3)24-12-20-15(22-24)21-16(25)19-11-13-4-5-18-14(10-13)23-6-8-26-9-7-23/h4-5,10,12H,6-9,11H2,1-3H3,(H2,19,21,22,25). The normalized spacial score (nSPS) is 15.0. The van der Waals surface area contributed by atoms with E-state index in [0.29, 0.717) is 19.8 Å². The molecule has 0 saturated carbocycles. The molecule has 0 aliphatic carbocycles. The minimum Gasteiger partial charge on any atom is -0.378 e. The molecule has 1 aliphatic rings. The highest BCUT2D eigenvalue weighted by molar-refractivity contribution is 5.87. The third-order valence-corrected chi connectivity index (χ3v) is 4.00. The smallest absolute Gasteiger partial charge is 0.321 e. The Balaban J connectivity index is 1.53. The van der Waals surface area contributed by atoms with Gasteiger partial charge in [0.2, 0.25) is 5.95 Å². The van der Waals surface area contributed by atoms with Crippen LogP contribution < -0.4 is 15.5 Å². The van der Waals surface area contributed by atoms with Crippen molar-refractivity contribution in [3.63, 3.8) is 0 Å². The van der Waals surface area contributed by atoms with Crippen molar-refractivity contribution >= 4 is 17.8 Å².